The number of halogens is 2. The number of nitrogens with zero attached hydrogens (tertiary/aromatic N) is 1. The number of aliphatic hydroxyl groups excluding tert-OH is 1. The zero-order chi connectivity index (χ0) is 13.3. The predicted molar refractivity (Wildman–Crippen MR) is 76.6 cm³/mol. The van der Waals surface area contributed by atoms with E-state index in [0.717, 1.165) is 8.95 Å². The molecule has 1 aromatic rings. The monoisotopic (exact) mass is 376 g/mol. The van der Waals surface area contributed by atoms with Crippen LogP contribution in [0, 0.1) is 0 Å². The average Bonchev–Trinajstić information content (AvgIpc) is 2.74. The highest BCUT2D eigenvalue weighted by molar-refractivity contribution is 9.11. The Morgan fingerprint density at radius 1 is 1.44 bits per heavy atom. The maximum absolute atomic E-state index is 12.4. The lowest BCUT2D eigenvalue weighted by atomic mass is 10.1. The van der Waals surface area contributed by atoms with Crippen molar-refractivity contribution in [2.45, 2.75) is 12.1 Å². The van der Waals surface area contributed by atoms with E-state index in [1.165, 1.54) is 0 Å². The summed E-state index contributed by atoms with van der Waals surface area (Å²) in [5.74, 6) is -0.0953. The summed E-state index contributed by atoms with van der Waals surface area (Å²) in [6.07, 6.45) is -0.506. The molecule has 1 aliphatic heterocycles. The van der Waals surface area contributed by atoms with Crippen LogP contribution in [-0.4, -0.2) is 48.2 Å². The number of aliphatic hydroxyl groups is 1. The van der Waals surface area contributed by atoms with Gasteiger partial charge in [-0.3, -0.25) is 4.79 Å². The summed E-state index contributed by atoms with van der Waals surface area (Å²) in [5.41, 5.74) is 0.597. The van der Waals surface area contributed by atoms with E-state index in [2.05, 4.69) is 37.2 Å². The highest BCUT2D eigenvalue weighted by atomic mass is 79.9. The molecule has 4 nitrogen and oxygen atoms in total. The van der Waals surface area contributed by atoms with Crippen LogP contribution in [0.4, 0.5) is 0 Å². The standard InChI is InChI=1S/C12H14Br2N2O2/c1-16(10-5-15-6-11(10)17)12(18)8-3-2-7(13)4-9(8)14/h2-4,10-11,15,17H,5-6H2,1H3/t10-,11-/m1/s1. The Morgan fingerprint density at radius 3 is 2.72 bits per heavy atom. The molecule has 2 rings (SSSR count). The van der Waals surface area contributed by atoms with E-state index in [-0.39, 0.29) is 11.9 Å². The van der Waals surface area contributed by atoms with E-state index in [0.29, 0.717) is 18.7 Å². The molecule has 1 aliphatic rings. The van der Waals surface area contributed by atoms with Gasteiger partial charge in [0.15, 0.2) is 0 Å². The maximum atomic E-state index is 12.4. The molecule has 2 N–H and O–H groups in total. The fourth-order valence-electron chi connectivity index (χ4n) is 2.05. The first kappa shape index (κ1) is 14.0. The minimum absolute atomic E-state index is 0.0953. The summed E-state index contributed by atoms with van der Waals surface area (Å²) in [6.45, 7) is 1.15. The second-order valence-corrected chi connectivity index (χ2v) is 6.10. The summed E-state index contributed by atoms with van der Waals surface area (Å²) in [6, 6.07) is 5.26. The Kier molecular flexibility index (Phi) is 4.42. The molecule has 0 aromatic heterocycles. The van der Waals surface area contributed by atoms with Crippen LogP contribution in [0.25, 0.3) is 0 Å². The number of amides is 1. The quantitative estimate of drug-likeness (QED) is 0.823. The molecule has 0 radical (unpaired) electrons. The van der Waals surface area contributed by atoms with Crippen molar-refractivity contribution in [3.63, 3.8) is 0 Å². The third kappa shape index (κ3) is 2.77. The molecule has 1 aromatic carbocycles. The molecule has 0 spiro atoms. The van der Waals surface area contributed by atoms with Crippen molar-refractivity contribution in [2.24, 2.45) is 0 Å². The zero-order valence-electron chi connectivity index (χ0n) is 9.86. The molecule has 6 heteroatoms. The molecule has 18 heavy (non-hydrogen) atoms. The molecule has 0 aliphatic carbocycles. The molecule has 0 saturated carbocycles. The number of hydrogen-bond acceptors (Lipinski definition) is 3. The molecule has 98 valence electrons. The Morgan fingerprint density at radius 2 is 2.17 bits per heavy atom. The summed E-state index contributed by atoms with van der Waals surface area (Å²) in [5, 5.41) is 12.9. The molecule has 1 heterocycles. The molecule has 0 bridgehead atoms. The van der Waals surface area contributed by atoms with Gasteiger partial charge in [0.05, 0.1) is 17.7 Å². The van der Waals surface area contributed by atoms with Gasteiger partial charge in [-0.15, -0.1) is 0 Å². The van der Waals surface area contributed by atoms with Crippen LogP contribution in [0.3, 0.4) is 0 Å². The number of benzene rings is 1. The third-order valence-corrected chi connectivity index (χ3v) is 4.28. The molecule has 2 atom stereocenters. The number of hydrogen-bond donors (Lipinski definition) is 2. The average molecular weight is 378 g/mol. The summed E-state index contributed by atoms with van der Waals surface area (Å²) in [7, 11) is 1.72. The first-order valence-electron chi connectivity index (χ1n) is 5.61. The lowest BCUT2D eigenvalue weighted by Gasteiger charge is -2.26. The lowest BCUT2D eigenvalue weighted by molar-refractivity contribution is 0.0580. The molecule has 1 saturated heterocycles. The number of carbonyl (C=O) groups excluding carboxylic acids is 1. The Hall–Kier alpha value is -0.430. The SMILES string of the molecule is CN(C(=O)c1ccc(Br)cc1Br)[C@@H]1CNC[C@H]1O. The van der Waals surface area contributed by atoms with Gasteiger partial charge in [0.25, 0.3) is 5.91 Å². The Balaban J connectivity index is 2.20. The van der Waals surface area contributed by atoms with Crippen molar-refractivity contribution in [1.29, 1.82) is 0 Å². The molecule has 1 fully saturated rings. The van der Waals surface area contributed by atoms with Crippen LogP contribution in [0.2, 0.25) is 0 Å². The molecular formula is C12H14Br2N2O2. The van der Waals surface area contributed by atoms with Gasteiger partial charge in [0, 0.05) is 29.1 Å². The van der Waals surface area contributed by atoms with Gasteiger partial charge in [0.1, 0.15) is 0 Å². The van der Waals surface area contributed by atoms with E-state index < -0.39 is 6.10 Å². The third-order valence-electron chi connectivity index (χ3n) is 3.13. The second kappa shape index (κ2) is 5.69. The number of β-amino-alcohol motifs (C(OH)–C–C–N with tert-alkyl or cyclic N) is 1. The minimum atomic E-state index is -0.506. The van der Waals surface area contributed by atoms with Crippen LogP contribution in [0.1, 0.15) is 10.4 Å². The first-order chi connectivity index (χ1) is 8.50. The van der Waals surface area contributed by atoms with Crippen LogP contribution < -0.4 is 5.32 Å². The van der Waals surface area contributed by atoms with E-state index in [1.54, 1.807) is 18.0 Å². The summed E-state index contributed by atoms with van der Waals surface area (Å²) in [4.78, 5) is 13.9. The number of likely N-dealkylation sites (N-methyl/N-ethyl adjacent to an activating group) is 1. The minimum Gasteiger partial charge on any atom is -0.390 e. The highest BCUT2D eigenvalue weighted by Gasteiger charge is 2.32. The maximum Gasteiger partial charge on any atom is 0.255 e. The van der Waals surface area contributed by atoms with Crippen LogP contribution >= 0.6 is 31.9 Å². The van der Waals surface area contributed by atoms with Gasteiger partial charge in [-0.1, -0.05) is 15.9 Å². The fourth-order valence-corrected chi connectivity index (χ4v) is 3.27. The van der Waals surface area contributed by atoms with Crippen molar-refractivity contribution in [1.82, 2.24) is 10.2 Å². The van der Waals surface area contributed by atoms with Gasteiger partial charge in [0.2, 0.25) is 0 Å². The summed E-state index contributed by atoms with van der Waals surface area (Å²) < 4.78 is 1.66. The second-order valence-electron chi connectivity index (χ2n) is 4.33. The zero-order valence-corrected chi connectivity index (χ0v) is 13.0. The molecule has 1 amide bonds. The van der Waals surface area contributed by atoms with Gasteiger partial charge >= 0.3 is 0 Å². The van der Waals surface area contributed by atoms with Crippen LogP contribution in [-0.2, 0) is 0 Å². The largest absolute Gasteiger partial charge is 0.390 e. The Labute approximate surface area is 123 Å². The number of carbonyl (C=O) groups is 1. The van der Waals surface area contributed by atoms with Crippen molar-refractivity contribution in [3.8, 4) is 0 Å². The predicted octanol–water partition coefficient (Wildman–Crippen LogP) is 1.62. The molecular weight excluding hydrogens is 364 g/mol. The van der Waals surface area contributed by atoms with Crippen molar-refractivity contribution >= 4 is 37.8 Å². The number of rotatable bonds is 2. The normalized spacial score (nSPS) is 23.1. The molecule has 0 unspecified atom stereocenters. The smallest absolute Gasteiger partial charge is 0.255 e. The topological polar surface area (TPSA) is 52.6 Å². The van der Waals surface area contributed by atoms with Gasteiger partial charge in [-0.25, -0.2) is 0 Å². The fraction of sp³-hybridized carbons (Fsp3) is 0.417. The summed E-state index contributed by atoms with van der Waals surface area (Å²) >= 11 is 6.74. The van der Waals surface area contributed by atoms with Crippen LogP contribution in [0.5, 0.6) is 0 Å². The van der Waals surface area contributed by atoms with Crippen molar-refractivity contribution in [3.05, 3.63) is 32.7 Å². The lowest BCUT2D eigenvalue weighted by Crippen LogP contribution is -2.44. The van der Waals surface area contributed by atoms with Crippen LogP contribution in [0.15, 0.2) is 27.1 Å². The number of nitrogens with one attached hydrogen (secondary N) is 1. The van der Waals surface area contributed by atoms with Crippen molar-refractivity contribution in [2.75, 3.05) is 20.1 Å². The van der Waals surface area contributed by atoms with Crippen molar-refractivity contribution < 1.29 is 9.90 Å². The highest BCUT2D eigenvalue weighted by Crippen LogP contribution is 2.24. The first-order valence-corrected chi connectivity index (χ1v) is 7.20. The van der Waals surface area contributed by atoms with Gasteiger partial charge < -0.3 is 15.3 Å². The van der Waals surface area contributed by atoms with E-state index in [1.807, 2.05) is 12.1 Å². The van der Waals surface area contributed by atoms with Gasteiger partial charge in [-0.05, 0) is 34.1 Å². The van der Waals surface area contributed by atoms with E-state index >= 15 is 0 Å². The Bertz CT molecular complexity index is 467. The van der Waals surface area contributed by atoms with E-state index in [9.17, 15) is 9.90 Å². The van der Waals surface area contributed by atoms with Gasteiger partial charge in [-0.2, -0.15) is 0 Å². The van der Waals surface area contributed by atoms with E-state index in [4.69, 9.17) is 0 Å².